The van der Waals surface area contributed by atoms with Crippen molar-refractivity contribution in [3.63, 3.8) is 0 Å². The molecule has 7 heteroatoms. The quantitative estimate of drug-likeness (QED) is 0.529. The van der Waals surface area contributed by atoms with Crippen LogP contribution < -0.4 is 5.43 Å². The lowest BCUT2D eigenvalue weighted by molar-refractivity contribution is -0.384. The zero-order valence-corrected chi connectivity index (χ0v) is 12.0. The fourth-order valence-electron chi connectivity index (χ4n) is 1.82. The van der Waals surface area contributed by atoms with Crippen LogP contribution in [0.15, 0.2) is 35.4 Å². The summed E-state index contributed by atoms with van der Waals surface area (Å²) in [4.78, 5) is 18.7. The molecule has 2 rings (SSSR count). The van der Waals surface area contributed by atoms with Crippen LogP contribution in [0.1, 0.15) is 23.9 Å². The van der Waals surface area contributed by atoms with Gasteiger partial charge in [-0.15, -0.1) is 0 Å². The van der Waals surface area contributed by atoms with E-state index in [0.717, 1.165) is 11.4 Å². The number of aryl methyl sites for hydroxylation is 2. The molecule has 1 aromatic heterocycles. The normalized spacial score (nSPS) is 11.3. The van der Waals surface area contributed by atoms with Gasteiger partial charge in [0.15, 0.2) is 0 Å². The molecule has 0 aliphatic rings. The maximum absolute atomic E-state index is 10.8. The van der Waals surface area contributed by atoms with Crippen LogP contribution in [0.3, 0.4) is 0 Å². The van der Waals surface area contributed by atoms with E-state index in [0.29, 0.717) is 17.2 Å². The minimum Gasteiger partial charge on any atom is -0.258 e. The predicted octanol–water partition coefficient (Wildman–Crippen LogP) is 2.84. The van der Waals surface area contributed by atoms with Crippen molar-refractivity contribution in [1.29, 1.82) is 0 Å². The molecule has 2 aromatic rings. The van der Waals surface area contributed by atoms with Gasteiger partial charge < -0.3 is 0 Å². The molecule has 0 radical (unpaired) electrons. The average molecular weight is 285 g/mol. The van der Waals surface area contributed by atoms with Crippen LogP contribution in [-0.4, -0.2) is 20.6 Å². The lowest BCUT2D eigenvalue weighted by Gasteiger charge is -2.04. The number of aromatic nitrogens is 2. The highest BCUT2D eigenvalue weighted by atomic mass is 16.6. The molecule has 0 amide bonds. The molecule has 0 unspecified atom stereocenters. The number of hydrazone groups is 1. The maximum Gasteiger partial charge on any atom is 0.270 e. The molecule has 0 spiro atoms. The SMILES string of the molecule is CC(=NNc1nc(C)cc(C)n1)c1cccc([N+](=O)[O-])c1. The fourth-order valence-corrected chi connectivity index (χ4v) is 1.82. The van der Waals surface area contributed by atoms with Crippen molar-refractivity contribution in [2.75, 3.05) is 5.43 Å². The number of rotatable bonds is 4. The highest BCUT2D eigenvalue weighted by Crippen LogP contribution is 2.14. The second kappa shape index (κ2) is 6.08. The van der Waals surface area contributed by atoms with Gasteiger partial charge in [-0.3, -0.25) is 10.1 Å². The summed E-state index contributed by atoms with van der Waals surface area (Å²) in [6.07, 6.45) is 0. The number of non-ortho nitro benzene ring substituents is 1. The number of nitro groups is 1. The van der Waals surface area contributed by atoms with Gasteiger partial charge in [-0.1, -0.05) is 12.1 Å². The molecule has 0 aliphatic heterocycles. The topological polar surface area (TPSA) is 93.3 Å². The van der Waals surface area contributed by atoms with Crippen LogP contribution >= 0.6 is 0 Å². The first-order valence-electron chi connectivity index (χ1n) is 6.33. The summed E-state index contributed by atoms with van der Waals surface area (Å²) in [5, 5.41) is 14.9. The van der Waals surface area contributed by atoms with Crippen molar-refractivity contribution in [3.05, 3.63) is 57.4 Å². The number of nitrogens with zero attached hydrogens (tertiary/aromatic N) is 4. The Morgan fingerprint density at radius 1 is 1.24 bits per heavy atom. The summed E-state index contributed by atoms with van der Waals surface area (Å²) >= 11 is 0. The Kier molecular flexibility index (Phi) is 4.22. The van der Waals surface area contributed by atoms with Gasteiger partial charge in [-0.05, 0) is 26.8 Å². The maximum atomic E-state index is 10.8. The molecule has 0 fully saturated rings. The third kappa shape index (κ3) is 3.82. The molecular formula is C14H15N5O2. The second-order valence-electron chi connectivity index (χ2n) is 4.59. The van der Waals surface area contributed by atoms with Crippen LogP contribution in [0.25, 0.3) is 0 Å². The molecule has 0 saturated carbocycles. The number of hydrogen-bond donors (Lipinski definition) is 1. The van der Waals surface area contributed by atoms with E-state index in [1.807, 2.05) is 19.9 Å². The van der Waals surface area contributed by atoms with Gasteiger partial charge >= 0.3 is 0 Å². The van der Waals surface area contributed by atoms with E-state index in [-0.39, 0.29) is 5.69 Å². The van der Waals surface area contributed by atoms with Gasteiger partial charge in [0, 0.05) is 29.1 Å². The first-order chi connectivity index (χ1) is 9.95. The third-order valence-corrected chi connectivity index (χ3v) is 2.78. The molecular weight excluding hydrogens is 270 g/mol. The minimum atomic E-state index is -0.433. The lowest BCUT2D eigenvalue weighted by Crippen LogP contribution is -2.04. The van der Waals surface area contributed by atoms with E-state index in [1.54, 1.807) is 19.1 Å². The van der Waals surface area contributed by atoms with Crippen LogP contribution in [0.5, 0.6) is 0 Å². The Morgan fingerprint density at radius 2 is 1.90 bits per heavy atom. The number of nitro benzene ring substituents is 1. The van der Waals surface area contributed by atoms with E-state index in [1.165, 1.54) is 12.1 Å². The largest absolute Gasteiger partial charge is 0.270 e. The first kappa shape index (κ1) is 14.6. The van der Waals surface area contributed by atoms with Crippen molar-refractivity contribution >= 4 is 17.3 Å². The van der Waals surface area contributed by atoms with E-state index >= 15 is 0 Å². The van der Waals surface area contributed by atoms with E-state index in [2.05, 4.69) is 20.5 Å². The van der Waals surface area contributed by atoms with Gasteiger partial charge in [-0.2, -0.15) is 5.10 Å². The smallest absolute Gasteiger partial charge is 0.258 e. The second-order valence-corrected chi connectivity index (χ2v) is 4.59. The van der Waals surface area contributed by atoms with Gasteiger partial charge in [0.25, 0.3) is 5.69 Å². The standard InChI is InChI=1S/C14H15N5O2/c1-9-7-10(2)16-14(15-9)18-17-11(3)12-5-4-6-13(8-12)19(20)21/h4-8H,1-3H3,(H,15,16,18). The zero-order chi connectivity index (χ0) is 15.4. The average Bonchev–Trinajstić information content (AvgIpc) is 2.44. The first-order valence-corrected chi connectivity index (χ1v) is 6.33. The molecule has 1 N–H and O–H groups in total. The summed E-state index contributed by atoms with van der Waals surface area (Å²) < 4.78 is 0. The fraction of sp³-hybridized carbons (Fsp3) is 0.214. The molecule has 0 aliphatic carbocycles. The highest BCUT2D eigenvalue weighted by Gasteiger charge is 2.07. The third-order valence-electron chi connectivity index (χ3n) is 2.78. The summed E-state index contributed by atoms with van der Waals surface area (Å²) in [5.74, 6) is 0.400. The number of anilines is 1. The zero-order valence-electron chi connectivity index (χ0n) is 12.0. The molecule has 0 atom stereocenters. The Hall–Kier alpha value is -2.83. The van der Waals surface area contributed by atoms with Gasteiger partial charge in [0.1, 0.15) is 0 Å². The van der Waals surface area contributed by atoms with Crippen molar-refractivity contribution in [1.82, 2.24) is 9.97 Å². The van der Waals surface area contributed by atoms with Crippen molar-refractivity contribution in [2.45, 2.75) is 20.8 Å². The van der Waals surface area contributed by atoms with Gasteiger partial charge in [-0.25, -0.2) is 15.4 Å². The summed E-state index contributed by atoms with van der Waals surface area (Å²) in [5.41, 5.74) is 5.76. The number of nitrogens with one attached hydrogen (secondary N) is 1. The molecule has 108 valence electrons. The molecule has 21 heavy (non-hydrogen) atoms. The van der Waals surface area contributed by atoms with Crippen molar-refractivity contribution in [3.8, 4) is 0 Å². The summed E-state index contributed by atoms with van der Waals surface area (Å²) in [6, 6.07) is 8.16. The Bertz CT molecular complexity index is 692. The van der Waals surface area contributed by atoms with Gasteiger partial charge in [0.2, 0.25) is 5.95 Å². The lowest BCUT2D eigenvalue weighted by atomic mass is 10.1. The van der Waals surface area contributed by atoms with Crippen LogP contribution in [-0.2, 0) is 0 Å². The van der Waals surface area contributed by atoms with E-state index < -0.39 is 4.92 Å². The van der Waals surface area contributed by atoms with Gasteiger partial charge in [0.05, 0.1) is 10.6 Å². The van der Waals surface area contributed by atoms with E-state index in [9.17, 15) is 10.1 Å². The van der Waals surface area contributed by atoms with E-state index in [4.69, 9.17) is 0 Å². The minimum absolute atomic E-state index is 0.0321. The Labute approximate surface area is 121 Å². The van der Waals surface area contributed by atoms with Crippen LogP contribution in [0, 0.1) is 24.0 Å². The molecule has 0 saturated heterocycles. The molecule has 1 aromatic carbocycles. The summed E-state index contributed by atoms with van der Waals surface area (Å²) in [7, 11) is 0. The highest BCUT2D eigenvalue weighted by molar-refractivity contribution is 5.99. The number of hydrogen-bond acceptors (Lipinski definition) is 6. The Balaban J connectivity index is 2.21. The molecule has 0 bridgehead atoms. The predicted molar refractivity (Wildman–Crippen MR) is 80.4 cm³/mol. The van der Waals surface area contributed by atoms with Crippen LogP contribution in [0.4, 0.5) is 11.6 Å². The monoisotopic (exact) mass is 285 g/mol. The molecule has 7 nitrogen and oxygen atoms in total. The van der Waals surface area contributed by atoms with Crippen molar-refractivity contribution < 1.29 is 4.92 Å². The van der Waals surface area contributed by atoms with Crippen molar-refractivity contribution in [2.24, 2.45) is 5.10 Å². The summed E-state index contributed by atoms with van der Waals surface area (Å²) in [6.45, 7) is 5.50. The Morgan fingerprint density at radius 3 is 2.52 bits per heavy atom. The molecule has 1 heterocycles. The van der Waals surface area contributed by atoms with Crippen LogP contribution in [0.2, 0.25) is 0 Å². The number of benzene rings is 1.